The summed E-state index contributed by atoms with van der Waals surface area (Å²) in [6, 6.07) is 1.01. The Morgan fingerprint density at radius 1 is 1.24 bits per heavy atom. The molecule has 1 amide bonds. The van der Waals surface area contributed by atoms with Gasteiger partial charge in [0.15, 0.2) is 0 Å². The third-order valence-electron chi connectivity index (χ3n) is 5.80. The average molecular weight is 293 g/mol. The molecule has 3 saturated carbocycles. The first-order valence-corrected chi connectivity index (χ1v) is 8.62. The van der Waals surface area contributed by atoms with Crippen LogP contribution in [0.1, 0.15) is 44.9 Å². The Morgan fingerprint density at radius 2 is 2.05 bits per heavy atom. The number of ether oxygens (including phenoxy) is 1. The van der Waals surface area contributed by atoms with Gasteiger partial charge in [0.05, 0.1) is 12.7 Å². The maximum Gasteiger partial charge on any atom is 0.239 e. The number of amides is 1. The van der Waals surface area contributed by atoms with E-state index in [2.05, 4.69) is 10.2 Å². The van der Waals surface area contributed by atoms with E-state index in [9.17, 15) is 4.79 Å². The van der Waals surface area contributed by atoms with Gasteiger partial charge in [-0.05, 0) is 50.9 Å². The van der Waals surface area contributed by atoms with Crippen LogP contribution in [0, 0.1) is 5.92 Å². The van der Waals surface area contributed by atoms with Crippen molar-refractivity contribution in [1.29, 1.82) is 0 Å². The lowest BCUT2D eigenvalue weighted by molar-refractivity contribution is -0.129. The van der Waals surface area contributed by atoms with Crippen molar-refractivity contribution in [1.82, 2.24) is 10.2 Å². The standard InChI is InChI=1S/C16H27N3O2/c17-15(20)16(11-4-5-11,18-12-6-7-12)10-19-8-9-21-14-3-1-2-13(14)19/h11-14,18H,1-10H2,(H2,17,20). The van der Waals surface area contributed by atoms with Gasteiger partial charge in [-0.15, -0.1) is 0 Å². The Labute approximate surface area is 126 Å². The van der Waals surface area contributed by atoms with E-state index in [1.807, 2.05) is 0 Å². The highest BCUT2D eigenvalue weighted by atomic mass is 16.5. The molecule has 4 aliphatic rings. The predicted molar refractivity (Wildman–Crippen MR) is 79.8 cm³/mol. The van der Waals surface area contributed by atoms with Crippen LogP contribution in [0.3, 0.4) is 0 Å². The van der Waals surface area contributed by atoms with Crippen LogP contribution < -0.4 is 11.1 Å². The molecule has 5 heteroatoms. The number of carbonyl (C=O) groups excluding carboxylic acids is 1. The predicted octanol–water partition coefficient (Wildman–Crippen LogP) is 0.626. The van der Waals surface area contributed by atoms with Gasteiger partial charge in [0, 0.05) is 25.2 Å². The summed E-state index contributed by atoms with van der Waals surface area (Å²) < 4.78 is 5.90. The van der Waals surface area contributed by atoms with Gasteiger partial charge < -0.3 is 10.5 Å². The van der Waals surface area contributed by atoms with Crippen molar-refractivity contribution in [3.05, 3.63) is 0 Å². The van der Waals surface area contributed by atoms with Crippen LogP contribution in [0.5, 0.6) is 0 Å². The number of carbonyl (C=O) groups is 1. The zero-order valence-electron chi connectivity index (χ0n) is 12.7. The lowest BCUT2D eigenvalue weighted by Gasteiger charge is -2.43. The van der Waals surface area contributed by atoms with Gasteiger partial charge in [-0.3, -0.25) is 15.0 Å². The van der Waals surface area contributed by atoms with E-state index >= 15 is 0 Å². The van der Waals surface area contributed by atoms with Crippen LogP contribution in [-0.2, 0) is 9.53 Å². The van der Waals surface area contributed by atoms with Crippen LogP contribution in [0.25, 0.3) is 0 Å². The molecule has 3 N–H and O–H groups in total. The summed E-state index contributed by atoms with van der Waals surface area (Å²) in [5.41, 5.74) is 5.39. The molecule has 1 saturated heterocycles. The fraction of sp³-hybridized carbons (Fsp3) is 0.938. The number of primary amides is 1. The molecule has 3 atom stereocenters. The molecule has 4 fully saturated rings. The molecular formula is C16H27N3O2. The first kappa shape index (κ1) is 14.0. The minimum Gasteiger partial charge on any atom is -0.375 e. The third kappa shape index (κ3) is 2.60. The number of rotatable bonds is 6. The molecule has 4 rings (SSSR count). The Bertz CT molecular complexity index is 422. The van der Waals surface area contributed by atoms with Crippen molar-refractivity contribution < 1.29 is 9.53 Å². The zero-order chi connectivity index (χ0) is 14.4. The van der Waals surface area contributed by atoms with Gasteiger partial charge in [0.1, 0.15) is 5.54 Å². The molecule has 3 aliphatic carbocycles. The van der Waals surface area contributed by atoms with Gasteiger partial charge in [0.2, 0.25) is 5.91 Å². The molecule has 0 radical (unpaired) electrons. The molecule has 0 aromatic carbocycles. The van der Waals surface area contributed by atoms with Crippen molar-refractivity contribution in [3.63, 3.8) is 0 Å². The maximum absolute atomic E-state index is 12.3. The molecule has 3 unspecified atom stereocenters. The van der Waals surface area contributed by atoms with Crippen LogP contribution in [0.4, 0.5) is 0 Å². The van der Waals surface area contributed by atoms with Crippen molar-refractivity contribution in [3.8, 4) is 0 Å². The monoisotopic (exact) mass is 293 g/mol. The number of nitrogens with one attached hydrogen (secondary N) is 1. The molecule has 1 heterocycles. The summed E-state index contributed by atoms with van der Waals surface area (Å²) in [6.07, 6.45) is 8.66. The van der Waals surface area contributed by atoms with E-state index in [0.717, 1.165) is 32.5 Å². The van der Waals surface area contributed by atoms with E-state index in [0.29, 0.717) is 24.1 Å². The van der Waals surface area contributed by atoms with Crippen LogP contribution in [0.2, 0.25) is 0 Å². The van der Waals surface area contributed by atoms with Crippen LogP contribution in [0.15, 0.2) is 0 Å². The first-order valence-electron chi connectivity index (χ1n) is 8.62. The minimum atomic E-state index is -0.494. The number of hydrogen-bond acceptors (Lipinski definition) is 4. The van der Waals surface area contributed by atoms with Crippen molar-refractivity contribution in [2.24, 2.45) is 11.7 Å². The summed E-state index contributed by atoms with van der Waals surface area (Å²) in [7, 11) is 0. The Hall–Kier alpha value is -0.650. The lowest BCUT2D eigenvalue weighted by Crippen LogP contribution is -2.66. The van der Waals surface area contributed by atoms with Crippen molar-refractivity contribution >= 4 is 5.91 Å². The fourth-order valence-corrected chi connectivity index (χ4v) is 4.33. The highest BCUT2D eigenvalue weighted by Gasteiger charge is 2.54. The second-order valence-electron chi connectivity index (χ2n) is 7.41. The Morgan fingerprint density at radius 3 is 2.71 bits per heavy atom. The normalized spacial score (nSPS) is 36.2. The van der Waals surface area contributed by atoms with E-state index in [1.165, 1.54) is 32.1 Å². The van der Waals surface area contributed by atoms with Gasteiger partial charge in [-0.25, -0.2) is 0 Å². The van der Waals surface area contributed by atoms with E-state index in [-0.39, 0.29) is 5.91 Å². The quantitative estimate of drug-likeness (QED) is 0.753. The Balaban J connectivity index is 1.53. The van der Waals surface area contributed by atoms with Gasteiger partial charge in [0.25, 0.3) is 0 Å². The summed E-state index contributed by atoms with van der Waals surface area (Å²) in [5.74, 6) is 0.302. The number of nitrogens with two attached hydrogens (primary N) is 1. The van der Waals surface area contributed by atoms with Crippen LogP contribution in [-0.4, -0.2) is 54.2 Å². The molecule has 0 aromatic rings. The second-order valence-corrected chi connectivity index (χ2v) is 7.41. The summed E-state index contributed by atoms with van der Waals surface area (Å²) in [5, 5.41) is 3.64. The molecule has 0 aromatic heterocycles. The summed E-state index contributed by atoms with van der Waals surface area (Å²) >= 11 is 0. The van der Waals surface area contributed by atoms with Gasteiger partial charge in [-0.1, -0.05) is 0 Å². The third-order valence-corrected chi connectivity index (χ3v) is 5.80. The van der Waals surface area contributed by atoms with E-state index < -0.39 is 5.54 Å². The lowest BCUT2D eigenvalue weighted by atomic mass is 9.89. The minimum absolute atomic E-state index is 0.141. The first-order chi connectivity index (χ1) is 10.2. The van der Waals surface area contributed by atoms with E-state index in [1.54, 1.807) is 0 Å². The fourth-order valence-electron chi connectivity index (χ4n) is 4.33. The highest BCUT2D eigenvalue weighted by Crippen LogP contribution is 2.43. The van der Waals surface area contributed by atoms with Crippen LogP contribution >= 0.6 is 0 Å². The zero-order valence-corrected chi connectivity index (χ0v) is 12.7. The molecule has 0 spiro atoms. The number of hydrogen-bond donors (Lipinski definition) is 2. The molecular weight excluding hydrogens is 266 g/mol. The van der Waals surface area contributed by atoms with Gasteiger partial charge in [-0.2, -0.15) is 0 Å². The molecule has 1 aliphatic heterocycles. The number of fused-ring (bicyclic) bond motifs is 1. The number of morpholine rings is 1. The Kier molecular flexibility index (Phi) is 3.47. The molecule has 118 valence electrons. The van der Waals surface area contributed by atoms with Crippen molar-refractivity contribution in [2.75, 3.05) is 19.7 Å². The van der Waals surface area contributed by atoms with Gasteiger partial charge >= 0.3 is 0 Å². The van der Waals surface area contributed by atoms with Crippen molar-refractivity contribution in [2.45, 2.75) is 68.7 Å². The molecule has 0 bridgehead atoms. The summed E-state index contributed by atoms with van der Waals surface area (Å²) in [4.78, 5) is 14.8. The topological polar surface area (TPSA) is 67.6 Å². The molecule has 5 nitrogen and oxygen atoms in total. The van der Waals surface area contributed by atoms with E-state index in [4.69, 9.17) is 10.5 Å². The maximum atomic E-state index is 12.3. The summed E-state index contributed by atoms with van der Waals surface area (Å²) in [6.45, 7) is 2.52. The SMILES string of the molecule is NC(=O)C(CN1CCOC2CCCC21)(NC1CC1)C1CC1. The smallest absolute Gasteiger partial charge is 0.239 e. The average Bonchev–Trinajstić information content (AvgIpc) is 3.37. The highest BCUT2D eigenvalue weighted by molar-refractivity contribution is 5.86. The second kappa shape index (κ2) is 5.21. The number of nitrogens with zero attached hydrogens (tertiary/aromatic N) is 1. The molecule has 21 heavy (non-hydrogen) atoms. The largest absolute Gasteiger partial charge is 0.375 e.